The number of carbonyl (C=O) groups is 1. The van der Waals surface area contributed by atoms with Crippen molar-refractivity contribution in [2.24, 2.45) is 5.16 Å². The average molecular weight is 187 g/mol. The van der Waals surface area contributed by atoms with Crippen molar-refractivity contribution in [2.75, 3.05) is 5.73 Å². The fourth-order valence-electron chi connectivity index (χ4n) is 0.496. The van der Waals surface area contributed by atoms with E-state index in [9.17, 15) is 4.79 Å². The van der Waals surface area contributed by atoms with Gasteiger partial charge in [-0.2, -0.15) is 4.98 Å². The smallest absolute Gasteiger partial charge is 0.359 e. The number of hydrogen-bond acceptors (Lipinski definition) is 7. The van der Waals surface area contributed by atoms with E-state index in [1.54, 1.807) is 0 Å². The van der Waals surface area contributed by atoms with Crippen LogP contribution in [-0.4, -0.2) is 22.4 Å². The van der Waals surface area contributed by atoms with Gasteiger partial charge in [0.15, 0.2) is 11.3 Å². The molecule has 0 aromatic carbocycles. The van der Waals surface area contributed by atoms with Crippen LogP contribution in [0.1, 0.15) is 0 Å². The lowest BCUT2D eigenvalue weighted by atomic mass is 10.7. The zero-order valence-electron chi connectivity index (χ0n) is 5.80. The van der Waals surface area contributed by atoms with Crippen molar-refractivity contribution in [1.82, 2.24) is 4.98 Å². The minimum Gasteiger partial charge on any atom is -0.411 e. The number of oxime groups is 1. The maximum absolute atomic E-state index is 10.6. The van der Waals surface area contributed by atoms with E-state index in [2.05, 4.69) is 14.9 Å². The van der Waals surface area contributed by atoms with Gasteiger partial charge in [0.2, 0.25) is 5.88 Å². The summed E-state index contributed by atoms with van der Waals surface area (Å²) in [5.41, 5.74) is 5.26. The predicted octanol–water partition coefficient (Wildman–Crippen LogP) is 0.0907. The third kappa shape index (κ3) is 2.20. The first kappa shape index (κ1) is 8.47. The summed E-state index contributed by atoms with van der Waals surface area (Å²) in [7, 11) is 0. The van der Waals surface area contributed by atoms with Gasteiger partial charge in [-0.3, -0.25) is 0 Å². The molecule has 0 radical (unpaired) electrons. The normalized spacial score (nSPS) is 10.3. The van der Waals surface area contributed by atoms with Crippen LogP contribution in [0.25, 0.3) is 0 Å². The van der Waals surface area contributed by atoms with Crippen molar-refractivity contribution >= 4 is 28.7 Å². The Bertz CT molecular complexity index is 309. The van der Waals surface area contributed by atoms with E-state index < -0.39 is 5.97 Å². The van der Waals surface area contributed by atoms with E-state index >= 15 is 0 Å². The van der Waals surface area contributed by atoms with Gasteiger partial charge in [0.1, 0.15) is 0 Å². The number of carbonyl (C=O) groups excluding carboxylic acids is 1. The molecule has 0 atom stereocenters. The number of nitrogens with two attached hydrogens (primary N) is 1. The molecular weight excluding hydrogens is 182 g/mol. The Morgan fingerprint density at radius 1 is 1.92 bits per heavy atom. The van der Waals surface area contributed by atoms with Crippen molar-refractivity contribution in [3.05, 3.63) is 5.38 Å². The molecule has 0 aliphatic rings. The lowest BCUT2D eigenvalue weighted by Gasteiger charge is -1.91. The molecule has 0 aliphatic heterocycles. The van der Waals surface area contributed by atoms with E-state index in [-0.39, 0.29) is 5.88 Å². The first-order chi connectivity index (χ1) is 5.72. The lowest BCUT2D eigenvalue weighted by molar-refractivity contribution is -0.126. The van der Waals surface area contributed by atoms with Crippen LogP contribution in [-0.2, 0) is 4.79 Å². The van der Waals surface area contributed by atoms with E-state index in [4.69, 9.17) is 10.9 Å². The zero-order valence-corrected chi connectivity index (χ0v) is 6.61. The Morgan fingerprint density at radius 2 is 2.67 bits per heavy atom. The van der Waals surface area contributed by atoms with Gasteiger partial charge in [0.25, 0.3) is 0 Å². The van der Waals surface area contributed by atoms with Crippen molar-refractivity contribution in [2.45, 2.75) is 0 Å². The van der Waals surface area contributed by atoms with Gasteiger partial charge in [-0.25, -0.2) is 4.79 Å². The summed E-state index contributed by atoms with van der Waals surface area (Å²) in [6.07, 6.45) is 0.621. The second kappa shape index (κ2) is 3.67. The summed E-state index contributed by atoms with van der Waals surface area (Å²) in [6.45, 7) is 0. The Kier molecular flexibility index (Phi) is 2.59. The summed E-state index contributed by atoms with van der Waals surface area (Å²) in [6, 6.07) is 0. The zero-order chi connectivity index (χ0) is 8.97. The maximum atomic E-state index is 10.6. The molecule has 0 spiro atoms. The highest BCUT2D eigenvalue weighted by atomic mass is 32.1. The van der Waals surface area contributed by atoms with Gasteiger partial charge >= 0.3 is 5.97 Å². The number of thiazole rings is 1. The molecule has 0 unspecified atom stereocenters. The van der Waals surface area contributed by atoms with Crippen molar-refractivity contribution in [3.8, 4) is 5.88 Å². The van der Waals surface area contributed by atoms with Crippen LogP contribution >= 0.6 is 11.3 Å². The molecule has 12 heavy (non-hydrogen) atoms. The number of aromatic nitrogens is 1. The molecule has 0 fully saturated rings. The number of nitrogen functional groups attached to an aromatic ring is 1. The van der Waals surface area contributed by atoms with Crippen molar-refractivity contribution in [1.29, 1.82) is 0 Å². The minimum atomic E-state index is -0.803. The first-order valence-electron chi connectivity index (χ1n) is 2.82. The SMILES string of the molecule is Nc1nc(OC(=O)C=NO)cs1. The van der Waals surface area contributed by atoms with Crippen LogP contribution in [0.4, 0.5) is 5.13 Å². The summed E-state index contributed by atoms with van der Waals surface area (Å²) in [5, 5.41) is 12.2. The molecule has 1 aromatic heterocycles. The molecule has 0 saturated carbocycles. The summed E-state index contributed by atoms with van der Waals surface area (Å²) in [5.74, 6) is -0.704. The third-order valence-electron chi connectivity index (χ3n) is 0.869. The average Bonchev–Trinajstić information content (AvgIpc) is 2.36. The molecule has 0 aliphatic carbocycles. The molecule has 1 heterocycles. The van der Waals surface area contributed by atoms with Crippen LogP contribution in [0.15, 0.2) is 10.5 Å². The fraction of sp³-hybridized carbons (Fsp3) is 0. The van der Waals surface area contributed by atoms with Gasteiger partial charge in [-0.1, -0.05) is 5.16 Å². The molecule has 6 nitrogen and oxygen atoms in total. The number of anilines is 1. The van der Waals surface area contributed by atoms with Gasteiger partial charge in [-0.15, -0.1) is 11.3 Å². The van der Waals surface area contributed by atoms with Gasteiger partial charge < -0.3 is 15.7 Å². The quantitative estimate of drug-likeness (QED) is 0.296. The lowest BCUT2D eigenvalue weighted by Crippen LogP contribution is -2.09. The van der Waals surface area contributed by atoms with Crippen LogP contribution < -0.4 is 10.5 Å². The highest BCUT2D eigenvalue weighted by Gasteiger charge is 2.04. The predicted molar refractivity (Wildman–Crippen MR) is 42.4 cm³/mol. The third-order valence-corrected chi connectivity index (χ3v) is 1.52. The minimum absolute atomic E-state index is 0.0994. The Morgan fingerprint density at radius 3 is 3.17 bits per heavy atom. The van der Waals surface area contributed by atoms with E-state index in [1.807, 2.05) is 0 Å². The number of esters is 1. The molecule has 3 N–H and O–H groups in total. The van der Waals surface area contributed by atoms with E-state index in [1.165, 1.54) is 5.38 Å². The topological polar surface area (TPSA) is 97.8 Å². The Hall–Kier alpha value is -1.63. The molecule has 1 rings (SSSR count). The fourth-order valence-corrected chi connectivity index (χ4v) is 0.961. The summed E-state index contributed by atoms with van der Waals surface area (Å²) in [4.78, 5) is 14.3. The highest BCUT2D eigenvalue weighted by Crippen LogP contribution is 2.17. The van der Waals surface area contributed by atoms with Gasteiger partial charge in [-0.05, 0) is 0 Å². The number of nitrogens with zero attached hydrogens (tertiary/aromatic N) is 2. The summed E-state index contributed by atoms with van der Waals surface area (Å²) >= 11 is 1.15. The summed E-state index contributed by atoms with van der Waals surface area (Å²) < 4.78 is 4.55. The molecule has 0 amide bonds. The Labute approximate surface area is 71.3 Å². The van der Waals surface area contributed by atoms with Gasteiger partial charge in [0, 0.05) is 0 Å². The highest BCUT2D eigenvalue weighted by molar-refractivity contribution is 7.13. The molecule has 7 heteroatoms. The molecule has 0 saturated heterocycles. The molecular formula is C5H5N3O3S. The second-order valence-corrected chi connectivity index (χ2v) is 2.58. The van der Waals surface area contributed by atoms with E-state index in [0.29, 0.717) is 11.3 Å². The van der Waals surface area contributed by atoms with E-state index in [0.717, 1.165) is 11.3 Å². The van der Waals surface area contributed by atoms with Crippen LogP contribution in [0.2, 0.25) is 0 Å². The number of ether oxygens (including phenoxy) is 1. The second-order valence-electron chi connectivity index (χ2n) is 1.69. The Balaban J connectivity index is 2.58. The number of hydrogen-bond donors (Lipinski definition) is 2. The van der Waals surface area contributed by atoms with Gasteiger partial charge in [0.05, 0.1) is 5.38 Å². The molecule has 1 aromatic rings. The standard InChI is InChI=1S/C5H5N3O3S/c6-5-8-3(2-12-5)11-4(9)1-7-10/h1-2,10H,(H2,6,8). The molecule has 0 bridgehead atoms. The molecule has 64 valence electrons. The monoisotopic (exact) mass is 187 g/mol. The van der Waals surface area contributed by atoms with Crippen molar-refractivity contribution in [3.63, 3.8) is 0 Å². The van der Waals surface area contributed by atoms with Crippen LogP contribution in [0.3, 0.4) is 0 Å². The maximum Gasteiger partial charge on any atom is 0.359 e. The number of rotatable bonds is 2. The van der Waals surface area contributed by atoms with Crippen LogP contribution in [0, 0.1) is 0 Å². The van der Waals surface area contributed by atoms with Crippen molar-refractivity contribution < 1.29 is 14.7 Å². The largest absolute Gasteiger partial charge is 0.411 e. The van der Waals surface area contributed by atoms with Crippen LogP contribution in [0.5, 0.6) is 5.88 Å². The first-order valence-corrected chi connectivity index (χ1v) is 3.70.